The van der Waals surface area contributed by atoms with Gasteiger partial charge in [-0.1, -0.05) is 6.92 Å². The van der Waals surface area contributed by atoms with Gasteiger partial charge in [0.1, 0.15) is 0 Å². The Kier molecular flexibility index (Phi) is 6.82. The second kappa shape index (κ2) is 9.07. The number of carbonyl (C=O) groups excluding carboxylic acids is 3. The van der Waals surface area contributed by atoms with E-state index in [9.17, 15) is 14.4 Å². The van der Waals surface area contributed by atoms with Gasteiger partial charge in [-0.15, -0.1) is 0 Å². The Bertz CT molecular complexity index is 676. The SMILES string of the molecule is COC(=O)C(C)CN(CCCNC(C)=O)C(=O)c1ccc2c(c1)OCO2. The molecule has 26 heavy (non-hydrogen) atoms. The molecule has 142 valence electrons. The van der Waals surface area contributed by atoms with Gasteiger partial charge >= 0.3 is 5.97 Å². The van der Waals surface area contributed by atoms with Crippen LogP contribution in [-0.2, 0) is 14.3 Å². The predicted molar refractivity (Wildman–Crippen MR) is 92.9 cm³/mol. The Morgan fingerprint density at radius 1 is 1.27 bits per heavy atom. The summed E-state index contributed by atoms with van der Waals surface area (Å²) in [5.41, 5.74) is 0.450. The topological polar surface area (TPSA) is 94.2 Å². The van der Waals surface area contributed by atoms with Crippen molar-refractivity contribution >= 4 is 17.8 Å². The molecule has 1 heterocycles. The summed E-state index contributed by atoms with van der Waals surface area (Å²) in [6.45, 7) is 4.35. The van der Waals surface area contributed by atoms with Gasteiger partial charge in [-0.2, -0.15) is 0 Å². The summed E-state index contributed by atoms with van der Waals surface area (Å²) in [5, 5.41) is 2.70. The van der Waals surface area contributed by atoms with Crippen LogP contribution in [0.2, 0.25) is 0 Å². The number of rotatable bonds is 8. The number of nitrogens with zero attached hydrogens (tertiary/aromatic N) is 1. The van der Waals surface area contributed by atoms with Gasteiger partial charge in [0, 0.05) is 32.1 Å². The lowest BCUT2D eigenvalue weighted by molar-refractivity contribution is -0.145. The highest BCUT2D eigenvalue weighted by molar-refractivity contribution is 5.95. The number of hydrogen-bond donors (Lipinski definition) is 1. The number of hydrogen-bond acceptors (Lipinski definition) is 6. The van der Waals surface area contributed by atoms with Crippen molar-refractivity contribution in [1.29, 1.82) is 0 Å². The molecule has 8 heteroatoms. The highest BCUT2D eigenvalue weighted by atomic mass is 16.7. The van der Waals surface area contributed by atoms with E-state index in [2.05, 4.69) is 5.32 Å². The molecule has 0 saturated carbocycles. The van der Waals surface area contributed by atoms with E-state index in [1.165, 1.54) is 14.0 Å². The molecule has 0 saturated heterocycles. The predicted octanol–water partition coefficient (Wildman–Crippen LogP) is 1.19. The van der Waals surface area contributed by atoms with E-state index in [0.717, 1.165) is 0 Å². The van der Waals surface area contributed by atoms with E-state index in [1.54, 1.807) is 30.0 Å². The molecule has 2 amide bonds. The van der Waals surface area contributed by atoms with Crippen molar-refractivity contribution in [3.8, 4) is 11.5 Å². The van der Waals surface area contributed by atoms with E-state index in [-0.39, 0.29) is 31.1 Å². The first-order valence-electron chi connectivity index (χ1n) is 8.43. The molecule has 1 aliphatic rings. The summed E-state index contributed by atoms with van der Waals surface area (Å²) >= 11 is 0. The molecule has 1 N–H and O–H groups in total. The normalized spacial score (nSPS) is 13.0. The summed E-state index contributed by atoms with van der Waals surface area (Å²) in [7, 11) is 1.32. The van der Waals surface area contributed by atoms with Gasteiger partial charge in [0.25, 0.3) is 5.91 Å². The third-order valence-corrected chi connectivity index (χ3v) is 3.98. The van der Waals surface area contributed by atoms with E-state index in [0.29, 0.717) is 36.6 Å². The lowest BCUT2D eigenvalue weighted by Crippen LogP contribution is -2.39. The Morgan fingerprint density at radius 3 is 2.69 bits per heavy atom. The standard InChI is InChI=1S/C18H24N2O6/c1-12(18(23)24-3)10-20(8-4-7-19-13(2)21)17(22)14-5-6-15-16(9-14)26-11-25-15/h5-6,9,12H,4,7-8,10-11H2,1-3H3,(H,19,21). The maximum Gasteiger partial charge on any atom is 0.310 e. The average Bonchev–Trinajstić information content (AvgIpc) is 3.10. The molecule has 0 aliphatic carbocycles. The number of ether oxygens (including phenoxy) is 3. The van der Waals surface area contributed by atoms with Crippen LogP contribution in [0.4, 0.5) is 0 Å². The lowest BCUT2D eigenvalue weighted by Gasteiger charge is -2.25. The molecule has 1 aliphatic heterocycles. The van der Waals surface area contributed by atoms with E-state index >= 15 is 0 Å². The highest BCUT2D eigenvalue weighted by Crippen LogP contribution is 2.32. The van der Waals surface area contributed by atoms with Gasteiger partial charge in [0.2, 0.25) is 12.7 Å². The summed E-state index contributed by atoms with van der Waals surface area (Å²) < 4.78 is 15.3. The van der Waals surface area contributed by atoms with E-state index in [4.69, 9.17) is 14.2 Å². The average molecular weight is 364 g/mol. The highest BCUT2D eigenvalue weighted by Gasteiger charge is 2.24. The van der Waals surface area contributed by atoms with Gasteiger partial charge in [0.05, 0.1) is 13.0 Å². The summed E-state index contributed by atoms with van der Waals surface area (Å²) in [6, 6.07) is 4.99. The number of nitrogens with one attached hydrogen (secondary N) is 1. The van der Waals surface area contributed by atoms with Crippen molar-refractivity contribution in [3.05, 3.63) is 23.8 Å². The van der Waals surface area contributed by atoms with Crippen molar-refractivity contribution < 1.29 is 28.6 Å². The molecule has 2 rings (SSSR count). The molecular formula is C18H24N2O6. The fourth-order valence-electron chi connectivity index (χ4n) is 2.63. The molecule has 1 unspecified atom stereocenters. The molecule has 1 aromatic carbocycles. The zero-order valence-electron chi connectivity index (χ0n) is 15.2. The van der Waals surface area contributed by atoms with Crippen LogP contribution >= 0.6 is 0 Å². The van der Waals surface area contributed by atoms with E-state index < -0.39 is 5.92 Å². The molecule has 0 bridgehead atoms. The zero-order chi connectivity index (χ0) is 19.1. The summed E-state index contributed by atoms with van der Waals surface area (Å²) in [5.74, 6) is -0.0609. The third-order valence-electron chi connectivity index (χ3n) is 3.98. The van der Waals surface area contributed by atoms with Gasteiger partial charge in [-0.05, 0) is 24.6 Å². The second-order valence-corrected chi connectivity index (χ2v) is 6.08. The Morgan fingerprint density at radius 2 is 2.00 bits per heavy atom. The second-order valence-electron chi connectivity index (χ2n) is 6.08. The van der Waals surface area contributed by atoms with Crippen molar-refractivity contribution in [2.24, 2.45) is 5.92 Å². The van der Waals surface area contributed by atoms with Gasteiger partial charge in [-0.25, -0.2) is 0 Å². The third kappa shape index (κ3) is 5.11. The quantitative estimate of drug-likeness (QED) is 0.550. The molecule has 1 atom stereocenters. The van der Waals surface area contributed by atoms with E-state index in [1.807, 2.05) is 0 Å². The smallest absolute Gasteiger partial charge is 0.310 e. The minimum atomic E-state index is -0.460. The summed E-state index contributed by atoms with van der Waals surface area (Å²) in [4.78, 5) is 37.2. The Labute approximate surface area is 152 Å². The van der Waals surface area contributed by atoms with Crippen LogP contribution < -0.4 is 14.8 Å². The number of benzene rings is 1. The number of methoxy groups -OCH3 is 1. The van der Waals surface area contributed by atoms with Crippen LogP contribution in [0.3, 0.4) is 0 Å². The summed E-state index contributed by atoms with van der Waals surface area (Å²) in [6.07, 6.45) is 0.573. The van der Waals surface area contributed by atoms with Gasteiger partial charge in [-0.3, -0.25) is 14.4 Å². The fraction of sp³-hybridized carbons (Fsp3) is 0.500. The van der Waals surface area contributed by atoms with Gasteiger partial charge in [0.15, 0.2) is 11.5 Å². The minimum absolute atomic E-state index is 0.124. The van der Waals surface area contributed by atoms with Crippen molar-refractivity contribution in [2.45, 2.75) is 20.3 Å². The van der Waals surface area contributed by atoms with Gasteiger partial charge < -0.3 is 24.4 Å². The molecular weight excluding hydrogens is 340 g/mol. The molecule has 0 aromatic heterocycles. The van der Waals surface area contributed by atoms with Crippen LogP contribution in [0.1, 0.15) is 30.6 Å². The van der Waals surface area contributed by atoms with Crippen molar-refractivity contribution in [3.63, 3.8) is 0 Å². The molecule has 0 radical (unpaired) electrons. The number of carbonyl (C=O) groups is 3. The molecule has 0 fully saturated rings. The fourth-order valence-corrected chi connectivity index (χ4v) is 2.63. The zero-order valence-corrected chi connectivity index (χ0v) is 15.2. The van der Waals surface area contributed by atoms with Crippen LogP contribution in [0.15, 0.2) is 18.2 Å². The molecule has 0 spiro atoms. The van der Waals surface area contributed by atoms with Crippen LogP contribution in [0.25, 0.3) is 0 Å². The number of esters is 1. The van der Waals surface area contributed by atoms with Crippen LogP contribution in [-0.4, -0.2) is 56.2 Å². The van der Waals surface area contributed by atoms with Crippen molar-refractivity contribution in [2.75, 3.05) is 33.5 Å². The minimum Gasteiger partial charge on any atom is -0.469 e. The number of fused-ring (bicyclic) bond motifs is 1. The Balaban J connectivity index is 2.08. The molecule has 1 aromatic rings. The first-order chi connectivity index (χ1) is 12.4. The van der Waals surface area contributed by atoms with Crippen molar-refractivity contribution in [1.82, 2.24) is 10.2 Å². The Hall–Kier alpha value is -2.77. The first kappa shape index (κ1) is 19.6. The monoisotopic (exact) mass is 364 g/mol. The maximum absolute atomic E-state index is 12.9. The molecule has 8 nitrogen and oxygen atoms in total. The largest absolute Gasteiger partial charge is 0.469 e. The first-order valence-corrected chi connectivity index (χ1v) is 8.43. The van der Waals surface area contributed by atoms with Crippen LogP contribution in [0.5, 0.6) is 11.5 Å². The maximum atomic E-state index is 12.9. The van der Waals surface area contributed by atoms with Crippen LogP contribution in [0, 0.1) is 5.92 Å². The number of amides is 2. The lowest BCUT2D eigenvalue weighted by atomic mass is 10.1.